The number of carbonyl (C=O) groups is 2. The molecule has 25 heavy (non-hydrogen) atoms. The summed E-state index contributed by atoms with van der Waals surface area (Å²) in [6, 6.07) is 7.17. The second-order valence-electron chi connectivity index (χ2n) is 6.50. The number of nitrogens with zero attached hydrogens (tertiary/aromatic N) is 2. The standard InChI is InChI=1S/C18H27ClN4O2/c1-3-23-10-8-16(9-11-23)21-18(25)13-22(2)12-17(24)20-15-6-4-14(19)5-7-15/h4-7,16H,3,8-13H2,1-2H3,(H,20,24)(H,21,25). The third kappa shape index (κ3) is 7.02. The first-order valence-electron chi connectivity index (χ1n) is 8.72. The number of carbonyl (C=O) groups excluding carboxylic acids is 2. The van der Waals surface area contributed by atoms with Gasteiger partial charge in [0.2, 0.25) is 11.8 Å². The number of likely N-dealkylation sites (N-methyl/N-ethyl adjacent to an activating group) is 1. The number of piperidine rings is 1. The van der Waals surface area contributed by atoms with E-state index in [0.29, 0.717) is 10.7 Å². The van der Waals surface area contributed by atoms with Gasteiger partial charge in [0.1, 0.15) is 0 Å². The van der Waals surface area contributed by atoms with Crippen molar-refractivity contribution in [1.82, 2.24) is 15.1 Å². The smallest absolute Gasteiger partial charge is 0.238 e. The SMILES string of the molecule is CCN1CCC(NC(=O)CN(C)CC(=O)Nc2ccc(Cl)cc2)CC1. The molecule has 0 radical (unpaired) electrons. The van der Waals surface area contributed by atoms with Crippen molar-refractivity contribution in [3.63, 3.8) is 0 Å². The molecule has 1 aromatic carbocycles. The molecule has 0 atom stereocenters. The van der Waals surface area contributed by atoms with Gasteiger partial charge in [-0.05, 0) is 50.7 Å². The lowest BCUT2D eigenvalue weighted by molar-refractivity contribution is -0.123. The molecule has 6 nitrogen and oxygen atoms in total. The number of nitrogens with one attached hydrogen (secondary N) is 2. The summed E-state index contributed by atoms with van der Waals surface area (Å²) in [5, 5.41) is 6.48. The monoisotopic (exact) mass is 366 g/mol. The molecule has 2 amide bonds. The van der Waals surface area contributed by atoms with Gasteiger partial charge in [-0.1, -0.05) is 18.5 Å². The summed E-state index contributed by atoms with van der Waals surface area (Å²) >= 11 is 5.82. The van der Waals surface area contributed by atoms with Gasteiger partial charge in [0, 0.05) is 29.8 Å². The van der Waals surface area contributed by atoms with Crippen molar-refractivity contribution in [3.05, 3.63) is 29.3 Å². The second kappa shape index (κ2) is 9.75. The fraction of sp³-hybridized carbons (Fsp3) is 0.556. The van der Waals surface area contributed by atoms with Crippen molar-refractivity contribution in [2.45, 2.75) is 25.8 Å². The first-order valence-corrected chi connectivity index (χ1v) is 9.09. The van der Waals surface area contributed by atoms with Crippen LogP contribution >= 0.6 is 11.6 Å². The predicted octanol–water partition coefficient (Wildman–Crippen LogP) is 1.81. The van der Waals surface area contributed by atoms with E-state index >= 15 is 0 Å². The molecule has 7 heteroatoms. The Hall–Kier alpha value is -1.63. The van der Waals surface area contributed by atoms with Crippen molar-refractivity contribution in [2.24, 2.45) is 0 Å². The van der Waals surface area contributed by atoms with Crippen LogP contribution in [0, 0.1) is 0 Å². The van der Waals surface area contributed by atoms with Crippen LogP contribution in [0.15, 0.2) is 24.3 Å². The fourth-order valence-electron chi connectivity index (χ4n) is 2.95. The van der Waals surface area contributed by atoms with E-state index in [1.165, 1.54) is 0 Å². The molecule has 1 aromatic rings. The number of benzene rings is 1. The molecule has 1 heterocycles. The summed E-state index contributed by atoms with van der Waals surface area (Å²) in [7, 11) is 1.76. The Bertz CT molecular complexity index is 571. The maximum atomic E-state index is 12.1. The topological polar surface area (TPSA) is 64.7 Å². The van der Waals surface area contributed by atoms with Gasteiger partial charge >= 0.3 is 0 Å². The van der Waals surface area contributed by atoms with Gasteiger partial charge in [-0.15, -0.1) is 0 Å². The van der Waals surface area contributed by atoms with Crippen LogP contribution in [0.5, 0.6) is 0 Å². The Balaban J connectivity index is 1.68. The van der Waals surface area contributed by atoms with E-state index in [0.717, 1.165) is 32.5 Å². The minimum absolute atomic E-state index is 0.0308. The van der Waals surface area contributed by atoms with E-state index in [1.807, 2.05) is 0 Å². The number of amides is 2. The number of halogens is 1. The Kier molecular flexibility index (Phi) is 7.68. The Morgan fingerprint density at radius 1 is 1.16 bits per heavy atom. The average molecular weight is 367 g/mol. The summed E-state index contributed by atoms with van der Waals surface area (Å²) in [5.41, 5.74) is 0.690. The highest BCUT2D eigenvalue weighted by molar-refractivity contribution is 6.30. The lowest BCUT2D eigenvalue weighted by Crippen LogP contribution is -2.47. The number of hydrogen-bond acceptors (Lipinski definition) is 4. The van der Waals surface area contributed by atoms with Crippen LogP contribution in [0.3, 0.4) is 0 Å². The van der Waals surface area contributed by atoms with Crippen molar-refractivity contribution in [3.8, 4) is 0 Å². The molecule has 2 rings (SSSR count). The minimum atomic E-state index is -0.158. The van der Waals surface area contributed by atoms with Crippen molar-refractivity contribution >= 4 is 29.1 Å². The largest absolute Gasteiger partial charge is 0.352 e. The van der Waals surface area contributed by atoms with Crippen LogP contribution < -0.4 is 10.6 Å². The van der Waals surface area contributed by atoms with Gasteiger partial charge in [0.25, 0.3) is 0 Å². The number of rotatable bonds is 7. The van der Waals surface area contributed by atoms with E-state index in [2.05, 4.69) is 22.5 Å². The van der Waals surface area contributed by atoms with Crippen LogP contribution in [0.25, 0.3) is 0 Å². The highest BCUT2D eigenvalue weighted by Gasteiger charge is 2.20. The molecule has 1 aliphatic rings. The van der Waals surface area contributed by atoms with Crippen molar-refractivity contribution in [2.75, 3.05) is 45.1 Å². The molecular weight excluding hydrogens is 340 g/mol. The van der Waals surface area contributed by atoms with Crippen LogP contribution in [0.4, 0.5) is 5.69 Å². The fourth-order valence-corrected chi connectivity index (χ4v) is 3.07. The van der Waals surface area contributed by atoms with Gasteiger partial charge < -0.3 is 15.5 Å². The number of hydrogen-bond donors (Lipinski definition) is 2. The average Bonchev–Trinajstić information content (AvgIpc) is 2.57. The first-order chi connectivity index (χ1) is 12.0. The Morgan fingerprint density at radius 2 is 1.76 bits per heavy atom. The highest BCUT2D eigenvalue weighted by atomic mass is 35.5. The summed E-state index contributed by atoms with van der Waals surface area (Å²) < 4.78 is 0. The lowest BCUT2D eigenvalue weighted by atomic mass is 10.1. The third-order valence-corrected chi connectivity index (χ3v) is 4.61. The molecule has 0 bridgehead atoms. The van der Waals surface area contributed by atoms with Gasteiger partial charge in [-0.25, -0.2) is 0 Å². The van der Waals surface area contributed by atoms with Crippen molar-refractivity contribution < 1.29 is 9.59 Å². The van der Waals surface area contributed by atoms with E-state index in [9.17, 15) is 9.59 Å². The van der Waals surface area contributed by atoms with Crippen LogP contribution in [0.2, 0.25) is 5.02 Å². The zero-order valence-corrected chi connectivity index (χ0v) is 15.7. The summed E-state index contributed by atoms with van der Waals surface area (Å²) in [6.07, 6.45) is 1.97. The lowest BCUT2D eigenvalue weighted by Gasteiger charge is -2.31. The maximum absolute atomic E-state index is 12.1. The van der Waals surface area contributed by atoms with Crippen LogP contribution in [-0.4, -0.2) is 67.4 Å². The Labute approximate surface area is 154 Å². The molecular formula is C18H27ClN4O2. The normalized spacial score (nSPS) is 16.0. The molecule has 138 valence electrons. The van der Waals surface area contributed by atoms with Gasteiger partial charge in [0.15, 0.2) is 0 Å². The second-order valence-corrected chi connectivity index (χ2v) is 6.94. The van der Waals surface area contributed by atoms with E-state index in [-0.39, 0.29) is 30.9 Å². The molecule has 1 aliphatic heterocycles. The van der Waals surface area contributed by atoms with Crippen molar-refractivity contribution in [1.29, 1.82) is 0 Å². The quantitative estimate of drug-likeness (QED) is 0.772. The summed E-state index contributed by atoms with van der Waals surface area (Å²) in [6.45, 7) is 5.64. The predicted molar refractivity (Wildman–Crippen MR) is 101 cm³/mol. The third-order valence-electron chi connectivity index (χ3n) is 4.35. The zero-order chi connectivity index (χ0) is 18.2. The maximum Gasteiger partial charge on any atom is 0.238 e. The molecule has 0 spiro atoms. The summed E-state index contributed by atoms with van der Waals surface area (Å²) in [5.74, 6) is -0.189. The highest BCUT2D eigenvalue weighted by Crippen LogP contribution is 2.13. The van der Waals surface area contributed by atoms with Gasteiger partial charge in [-0.2, -0.15) is 0 Å². The Morgan fingerprint density at radius 3 is 2.36 bits per heavy atom. The molecule has 1 saturated heterocycles. The van der Waals surface area contributed by atoms with E-state index in [4.69, 9.17) is 11.6 Å². The molecule has 1 fully saturated rings. The summed E-state index contributed by atoms with van der Waals surface area (Å²) in [4.78, 5) is 28.3. The minimum Gasteiger partial charge on any atom is -0.352 e. The molecule has 0 aliphatic carbocycles. The van der Waals surface area contributed by atoms with E-state index < -0.39 is 0 Å². The van der Waals surface area contributed by atoms with E-state index in [1.54, 1.807) is 36.2 Å². The molecule has 0 saturated carbocycles. The molecule has 0 aromatic heterocycles. The molecule has 2 N–H and O–H groups in total. The van der Waals surface area contributed by atoms with Gasteiger partial charge in [-0.3, -0.25) is 14.5 Å². The number of likely N-dealkylation sites (tertiary alicyclic amines) is 1. The number of anilines is 1. The van der Waals surface area contributed by atoms with Gasteiger partial charge in [0.05, 0.1) is 13.1 Å². The van der Waals surface area contributed by atoms with Crippen LogP contribution in [-0.2, 0) is 9.59 Å². The zero-order valence-electron chi connectivity index (χ0n) is 14.9. The first kappa shape index (κ1) is 19.7. The molecule has 0 unspecified atom stereocenters. The van der Waals surface area contributed by atoms with Crippen LogP contribution in [0.1, 0.15) is 19.8 Å².